The van der Waals surface area contributed by atoms with Crippen LogP contribution >= 0.6 is 0 Å². The van der Waals surface area contributed by atoms with Gasteiger partial charge in [0.25, 0.3) is 0 Å². The Morgan fingerprint density at radius 2 is 1.68 bits per heavy atom. The molecule has 0 aromatic heterocycles. The van der Waals surface area contributed by atoms with Gasteiger partial charge >= 0.3 is 122 Å². The third-order valence-corrected chi connectivity index (χ3v) is 60.5. The molecule has 11 rings (SSSR count). The van der Waals surface area contributed by atoms with Gasteiger partial charge in [-0.1, -0.05) is 0 Å². The molecular formula is C20H23FeN. The summed E-state index contributed by atoms with van der Waals surface area (Å²) in [5.74, 6) is 0. The molecule has 1 nitrogen and oxygen atoms in total. The molecule has 2 heteroatoms. The zero-order valence-corrected chi connectivity index (χ0v) is 14.5. The van der Waals surface area contributed by atoms with Crippen LogP contribution in [0.3, 0.4) is 0 Å². The van der Waals surface area contributed by atoms with E-state index in [0.717, 1.165) is 8.63 Å². The van der Waals surface area contributed by atoms with Gasteiger partial charge in [-0.2, -0.15) is 0 Å². The zero-order valence-electron chi connectivity index (χ0n) is 13.4. The van der Waals surface area contributed by atoms with Crippen LogP contribution in [0.25, 0.3) is 0 Å². The number of nitrogens with zero attached hydrogens (tertiary/aromatic N) is 1. The van der Waals surface area contributed by atoms with Crippen LogP contribution in [0, 0.1) is 6.92 Å². The van der Waals surface area contributed by atoms with Crippen molar-refractivity contribution in [3.63, 3.8) is 0 Å². The van der Waals surface area contributed by atoms with Crippen molar-refractivity contribution in [2.24, 2.45) is 0 Å². The summed E-state index contributed by atoms with van der Waals surface area (Å²) in [6.45, 7) is 0.617. The van der Waals surface area contributed by atoms with Crippen molar-refractivity contribution in [2.75, 3.05) is 20.6 Å². The normalized spacial score (nSPS) is 98.4. The van der Waals surface area contributed by atoms with Gasteiger partial charge in [-0.05, 0) is 0 Å². The van der Waals surface area contributed by atoms with Crippen LogP contribution < -0.4 is 0 Å². The third-order valence-electron chi connectivity index (χ3n) is 17.2. The molecule has 0 aliphatic carbocycles. The second-order valence-corrected chi connectivity index (χ2v) is 36.3. The van der Waals surface area contributed by atoms with Crippen LogP contribution in [0.5, 0.6) is 0 Å². The number of hydrogen-bond acceptors (Lipinski definition) is 1. The van der Waals surface area contributed by atoms with E-state index in [2.05, 4.69) is 50.2 Å². The maximum absolute atomic E-state index is 3.20. The van der Waals surface area contributed by atoms with E-state index in [9.17, 15) is 0 Å². The summed E-state index contributed by atoms with van der Waals surface area (Å²) in [5.41, 5.74) is 3.41. The molecule has 5 atom stereocenters. The molecule has 1 aromatic rings. The third kappa shape index (κ3) is 0.112. The van der Waals surface area contributed by atoms with Crippen LogP contribution in [-0.2, 0) is 10.8 Å². The maximum atomic E-state index is 2.65. The molecule has 10 aliphatic rings. The molecule has 5 unspecified atom stereocenters. The van der Waals surface area contributed by atoms with Crippen LogP contribution in [0.4, 0.5) is 0 Å². The van der Waals surface area contributed by atoms with E-state index in [1.54, 1.807) is 0 Å². The Bertz CT molecular complexity index is 1270. The second-order valence-electron chi connectivity index (χ2n) is 13.0. The fourth-order valence-electron chi connectivity index (χ4n) is 19.6. The van der Waals surface area contributed by atoms with Crippen molar-refractivity contribution in [1.82, 2.24) is 4.90 Å². The average molecular weight is 333 g/mol. The van der Waals surface area contributed by atoms with Crippen LogP contribution in [-0.4, -0.2) is 25.5 Å². The van der Waals surface area contributed by atoms with Gasteiger partial charge in [-0.15, -0.1) is 0 Å². The molecule has 10 heterocycles. The molecule has 22 heavy (non-hydrogen) atoms. The quantitative estimate of drug-likeness (QED) is 0.723. The van der Waals surface area contributed by atoms with Gasteiger partial charge in [-0.25, -0.2) is 0 Å². The molecular weight excluding hydrogens is 310 g/mol. The Morgan fingerprint density at radius 1 is 1.00 bits per heavy atom. The van der Waals surface area contributed by atoms with Gasteiger partial charge in [-0.3, -0.25) is 0 Å². The Morgan fingerprint density at radius 3 is 2.18 bits per heavy atom. The van der Waals surface area contributed by atoms with Gasteiger partial charge in [0.05, 0.1) is 0 Å². The van der Waals surface area contributed by atoms with Gasteiger partial charge in [0, 0.05) is 0 Å². The van der Waals surface area contributed by atoms with Gasteiger partial charge in [0.15, 0.2) is 0 Å². The fraction of sp³-hybridized carbons (Fsp3) is 0.700. The summed E-state index contributed by atoms with van der Waals surface area (Å²) in [6.07, 6.45) is 0. The Balaban J connectivity index is 1.45. The van der Waals surface area contributed by atoms with Crippen molar-refractivity contribution in [1.29, 1.82) is 0 Å². The van der Waals surface area contributed by atoms with E-state index in [1.807, 2.05) is 5.56 Å². The first-order chi connectivity index (χ1) is 10.4. The molecule has 10 aliphatic heterocycles. The summed E-state index contributed by atoms with van der Waals surface area (Å²) in [4.78, 5) is 13.8. The Labute approximate surface area is 121 Å². The van der Waals surface area contributed by atoms with Crippen molar-refractivity contribution in [3.05, 3.63) is 35.4 Å². The molecule has 0 saturated carbocycles. The number of benzene rings is 1. The van der Waals surface area contributed by atoms with Crippen molar-refractivity contribution < 1.29 is 6.51 Å². The van der Waals surface area contributed by atoms with E-state index in [1.165, 1.54) is 50.6 Å². The molecule has 10 fully saturated rings. The van der Waals surface area contributed by atoms with Crippen LogP contribution in [0.15, 0.2) is 24.3 Å². The average Bonchev–Trinajstić information content (AvgIpc) is 3.41. The van der Waals surface area contributed by atoms with E-state index >= 15 is 0 Å². The Kier molecular flexibility index (Phi) is 0.377. The fourth-order valence-corrected chi connectivity index (χ4v) is 96.4. The monoisotopic (exact) mass is 333 g/mol. The van der Waals surface area contributed by atoms with Gasteiger partial charge < -0.3 is 0 Å². The van der Waals surface area contributed by atoms with Crippen molar-refractivity contribution >= 4 is 0 Å². The molecule has 0 radical (unpaired) electrons. The zero-order chi connectivity index (χ0) is 14.2. The first-order valence-electron chi connectivity index (χ1n) is 9.28. The standard InChI is InChI=1S/C15H18N.C5H5.Fe/c1-12-6-4-7-13(10-12)15-9-5-8-14(15)11-16(2)3;1-2-4-5-3-1;/h4-10H,11H2,1-3H3;1-5H;. The first kappa shape index (κ1) is 9.25. The minimum absolute atomic E-state index is 0.863. The van der Waals surface area contributed by atoms with Crippen LogP contribution in [0.1, 0.15) is 11.1 Å². The van der Waals surface area contributed by atoms with E-state index < -0.39 is 6.51 Å². The summed E-state index contributed by atoms with van der Waals surface area (Å²) in [5, 5.41) is 0. The summed E-state index contributed by atoms with van der Waals surface area (Å²) < 4.78 is 1.80. The SMILES string of the molecule is Cc1cccc([C]23[CH]4[CH]5[CH]6[C]2(CN(C)C)[Fe]56432789[CH]3[CH]2[CH]7[CH]8[CH]39)c1. The number of rotatable bonds is 3. The second kappa shape index (κ2) is 0.896. The minimum atomic E-state index is -3.20. The Hall–Kier alpha value is -0.301. The summed E-state index contributed by atoms with van der Waals surface area (Å²) >= 11 is 0. The number of hydrogen-bond donors (Lipinski definition) is 0. The van der Waals surface area contributed by atoms with Crippen molar-refractivity contribution in [3.8, 4) is 0 Å². The molecule has 0 N–H and O–H groups in total. The molecule has 116 valence electrons. The molecule has 0 bridgehead atoms. The van der Waals surface area contributed by atoms with E-state index in [4.69, 9.17) is 0 Å². The summed E-state index contributed by atoms with van der Waals surface area (Å²) in [7, 11) is 4.74. The van der Waals surface area contributed by atoms with Gasteiger partial charge in [0.1, 0.15) is 0 Å². The van der Waals surface area contributed by atoms with Crippen molar-refractivity contribution in [2.45, 2.75) is 54.1 Å². The molecule has 0 amide bonds. The van der Waals surface area contributed by atoms with Crippen LogP contribution in [0.2, 0.25) is 42.8 Å². The molecule has 1 aromatic carbocycles. The number of aryl methyl sites for hydroxylation is 1. The van der Waals surface area contributed by atoms with E-state index in [0.29, 0.717) is 0 Å². The van der Waals surface area contributed by atoms with E-state index in [-0.39, 0.29) is 0 Å². The predicted octanol–water partition coefficient (Wildman–Crippen LogP) is 4.72. The first-order valence-corrected chi connectivity index (χ1v) is 15.5. The number of fused-ring (bicyclic) bond motifs is 10. The van der Waals surface area contributed by atoms with Gasteiger partial charge in [0.2, 0.25) is 0 Å². The molecule has 10 saturated heterocycles. The topological polar surface area (TPSA) is 3.24 Å². The predicted molar refractivity (Wildman–Crippen MR) is 84.1 cm³/mol. The molecule has 1 spiro atoms. The summed E-state index contributed by atoms with van der Waals surface area (Å²) in [6, 6.07) is 9.96.